The molecule has 2 aromatic rings. The Labute approximate surface area is 204 Å². The summed E-state index contributed by atoms with van der Waals surface area (Å²) in [5.41, 5.74) is 4.27. The van der Waals surface area contributed by atoms with Crippen LogP contribution in [-0.2, 0) is 0 Å². The quantitative estimate of drug-likeness (QED) is 0.293. The largest absolute Gasteiger partial charge is 0.391 e. The van der Waals surface area contributed by atoms with Crippen LogP contribution in [0.1, 0.15) is 108 Å². The lowest BCUT2D eigenvalue weighted by atomic mass is 9.86. The summed E-state index contributed by atoms with van der Waals surface area (Å²) in [6.07, 6.45) is 7.59. The van der Waals surface area contributed by atoms with Gasteiger partial charge in [0.25, 0.3) is 0 Å². The predicted molar refractivity (Wildman–Crippen MR) is 141 cm³/mol. The highest BCUT2D eigenvalue weighted by atomic mass is 32.2. The molecule has 0 amide bonds. The Hall–Kier alpha value is -0.970. The van der Waals surface area contributed by atoms with Crippen molar-refractivity contribution in [2.45, 2.75) is 112 Å². The molecule has 1 N–H and O–H groups in total. The summed E-state index contributed by atoms with van der Waals surface area (Å²) in [5.74, 6) is 1.79. The van der Waals surface area contributed by atoms with Gasteiger partial charge in [-0.2, -0.15) is 0 Å². The Morgan fingerprint density at radius 2 is 1.47 bits per heavy atom. The van der Waals surface area contributed by atoms with Crippen molar-refractivity contribution >= 4 is 23.5 Å². The summed E-state index contributed by atoms with van der Waals surface area (Å²) in [6.45, 7) is 13.8. The van der Waals surface area contributed by atoms with E-state index in [2.05, 4.69) is 64.7 Å². The lowest BCUT2D eigenvalue weighted by Crippen LogP contribution is -2.31. The fraction of sp³-hybridized carbons (Fsp3) is 0.607. The van der Waals surface area contributed by atoms with E-state index in [-0.39, 0.29) is 10.7 Å². The molecule has 4 heteroatoms. The molecule has 2 atom stereocenters. The molecule has 0 saturated heterocycles. The second-order valence-electron chi connectivity index (χ2n) is 10.2. The van der Waals surface area contributed by atoms with E-state index in [1.807, 2.05) is 30.1 Å². The smallest absolute Gasteiger partial charge is 0.0971 e. The number of pyridine rings is 1. The maximum absolute atomic E-state index is 11.6. The van der Waals surface area contributed by atoms with Gasteiger partial charge in [-0.3, -0.25) is 0 Å². The molecule has 1 aromatic heterocycles. The molecule has 1 aromatic carbocycles. The summed E-state index contributed by atoms with van der Waals surface area (Å²) >= 11 is 3.63. The van der Waals surface area contributed by atoms with Crippen molar-refractivity contribution in [3.05, 3.63) is 53.2 Å². The number of aliphatic hydroxyl groups excluding tert-OH is 1. The zero-order chi connectivity index (χ0) is 23.3. The van der Waals surface area contributed by atoms with Crippen molar-refractivity contribution < 1.29 is 5.11 Å². The first-order valence-corrected chi connectivity index (χ1v) is 14.1. The van der Waals surface area contributed by atoms with Crippen LogP contribution in [0, 0.1) is 5.92 Å². The lowest BCUT2D eigenvalue weighted by molar-refractivity contribution is 0.0987. The van der Waals surface area contributed by atoms with Gasteiger partial charge in [-0.25, -0.2) is 4.98 Å². The Morgan fingerprint density at radius 3 is 1.97 bits per heavy atom. The van der Waals surface area contributed by atoms with Crippen LogP contribution in [-0.4, -0.2) is 20.8 Å². The molecule has 1 fully saturated rings. The second kappa shape index (κ2) is 11.9. The van der Waals surface area contributed by atoms with Gasteiger partial charge in [0.2, 0.25) is 0 Å². The molecule has 0 unspecified atom stereocenters. The lowest BCUT2D eigenvalue weighted by Gasteiger charge is -2.33. The fourth-order valence-electron chi connectivity index (χ4n) is 4.54. The first-order valence-electron chi connectivity index (χ1n) is 12.4. The SMILES string of the molecule is CC(C)c1cc(C(C)C)c(S[C@@H](Sc2ccccn2)[C@@H](O)C2CCCCC2)c(C(C)C)c1. The van der Waals surface area contributed by atoms with Gasteiger partial charge < -0.3 is 5.11 Å². The summed E-state index contributed by atoms with van der Waals surface area (Å²) in [6, 6.07) is 10.9. The zero-order valence-electron chi connectivity index (χ0n) is 20.7. The number of aromatic nitrogens is 1. The van der Waals surface area contributed by atoms with Crippen LogP contribution in [0.2, 0.25) is 0 Å². The molecule has 0 radical (unpaired) electrons. The number of thioether (sulfide) groups is 2. The van der Waals surface area contributed by atoms with E-state index in [1.54, 1.807) is 11.8 Å². The number of hydrogen-bond acceptors (Lipinski definition) is 4. The van der Waals surface area contributed by atoms with Crippen molar-refractivity contribution in [3.63, 3.8) is 0 Å². The highest BCUT2D eigenvalue weighted by Crippen LogP contribution is 2.46. The molecule has 1 heterocycles. The molecule has 1 aliphatic rings. The van der Waals surface area contributed by atoms with Gasteiger partial charge in [-0.15, -0.1) is 11.8 Å². The number of hydrogen-bond donors (Lipinski definition) is 1. The van der Waals surface area contributed by atoms with Crippen LogP contribution in [0.25, 0.3) is 0 Å². The Balaban J connectivity index is 2.01. The number of rotatable bonds is 9. The van der Waals surface area contributed by atoms with Gasteiger partial charge in [-0.1, -0.05) is 90.8 Å². The van der Waals surface area contributed by atoms with Crippen LogP contribution in [0.4, 0.5) is 0 Å². The van der Waals surface area contributed by atoms with Crippen molar-refractivity contribution in [2.24, 2.45) is 5.92 Å². The minimum atomic E-state index is -0.336. The van der Waals surface area contributed by atoms with Crippen LogP contribution in [0.15, 0.2) is 46.5 Å². The standard InChI is InChI=1S/C28H41NOS2/c1-18(2)22-16-23(19(3)4)27(24(17-22)20(5)6)32-28(31-25-14-10-11-15-29-25)26(30)21-12-8-7-9-13-21/h10-11,14-21,26,28,30H,7-9,12-13H2,1-6H3/t26-,28+/m0/s1. The van der Waals surface area contributed by atoms with Crippen LogP contribution >= 0.6 is 23.5 Å². The van der Waals surface area contributed by atoms with Gasteiger partial charge in [-0.05, 0) is 65.3 Å². The van der Waals surface area contributed by atoms with Gasteiger partial charge in [0.15, 0.2) is 0 Å². The molecule has 0 bridgehead atoms. The second-order valence-corrected chi connectivity index (χ2v) is 12.8. The zero-order valence-corrected chi connectivity index (χ0v) is 22.3. The van der Waals surface area contributed by atoms with E-state index >= 15 is 0 Å². The van der Waals surface area contributed by atoms with Gasteiger partial charge >= 0.3 is 0 Å². The molecule has 0 spiro atoms. The molecular weight excluding hydrogens is 430 g/mol. The van der Waals surface area contributed by atoms with Gasteiger partial charge in [0.1, 0.15) is 0 Å². The average molecular weight is 472 g/mol. The van der Waals surface area contributed by atoms with Crippen molar-refractivity contribution in [1.82, 2.24) is 4.98 Å². The van der Waals surface area contributed by atoms with Crippen LogP contribution in [0.5, 0.6) is 0 Å². The number of aliphatic hydroxyl groups is 1. The van der Waals surface area contributed by atoms with Crippen molar-refractivity contribution in [2.75, 3.05) is 0 Å². The summed E-state index contributed by atoms with van der Waals surface area (Å²) in [4.78, 5) is 5.96. The van der Waals surface area contributed by atoms with Gasteiger partial charge in [0, 0.05) is 11.1 Å². The third kappa shape index (κ3) is 6.55. The third-order valence-corrected chi connectivity index (χ3v) is 9.39. The summed E-state index contributed by atoms with van der Waals surface area (Å²) in [7, 11) is 0. The molecule has 0 aliphatic heterocycles. The van der Waals surface area contributed by atoms with Crippen LogP contribution in [0.3, 0.4) is 0 Å². The Kier molecular flexibility index (Phi) is 9.57. The minimum Gasteiger partial charge on any atom is -0.391 e. The van der Waals surface area contributed by atoms with Crippen LogP contribution < -0.4 is 0 Å². The number of nitrogens with zero attached hydrogens (tertiary/aromatic N) is 1. The minimum absolute atomic E-state index is 0.0351. The Morgan fingerprint density at radius 1 is 0.844 bits per heavy atom. The fourth-order valence-corrected chi connectivity index (χ4v) is 7.65. The molecule has 3 rings (SSSR count). The summed E-state index contributed by atoms with van der Waals surface area (Å²) in [5, 5.41) is 12.6. The molecule has 176 valence electrons. The van der Waals surface area contributed by atoms with Gasteiger partial charge in [0.05, 0.1) is 15.7 Å². The third-order valence-electron chi connectivity index (χ3n) is 6.60. The van der Waals surface area contributed by atoms with Crippen molar-refractivity contribution in [1.29, 1.82) is 0 Å². The van der Waals surface area contributed by atoms with E-state index in [1.165, 1.54) is 40.8 Å². The normalized spacial score (nSPS) is 17.3. The highest BCUT2D eigenvalue weighted by Gasteiger charge is 2.32. The topological polar surface area (TPSA) is 33.1 Å². The number of benzene rings is 1. The monoisotopic (exact) mass is 471 g/mol. The van der Waals surface area contributed by atoms with E-state index < -0.39 is 0 Å². The maximum atomic E-state index is 11.6. The molecule has 32 heavy (non-hydrogen) atoms. The summed E-state index contributed by atoms with van der Waals surface area (Å²) < 4.78 is 0.0351. The predicted octanol–water partition coefficient (Wildman–Crippen LogP) is 8.60. The van der Waals surface area contributed by atoms with Crippen molar-refractivity contribution in [3.8, 4) is 0 Å². The first kappa shape index (κ1) is 25.6. The molecule has 2 nitrogen and oxygen atoms in total. The van der Waals surface area contributed by atoms with E-state index in [9.17, 15) is 5.11 Å². The van der Waals surface area contributed by atoms with E-state index in [0.717, 1.165) is 17.9 Å². The molecule has 1 saturated carbocycles. The maximum Gasteiger partial charge on any atom is 0.0971 e. The Bertz CT molecular complexity index is 815. The van der Waals surface area contributed by atoms with E-state index in [4.69, 9.17) is 0 Å². The highest BCUT2D eigenvalue weighted by molar-refractivity contribution is 8.17. The average Bonchev–Trinajstić information content (AvgIpc) is 2.78. The first-order chi connectivity index (χ1) is 15.3. The van der Waals surface area contributed by atoms with E-state index in [0.29, 0.717) is 23.7 Å². The molecular formula is C28H41NOS2. The molecule has 1 aliphatic carbocycles.